The number of ether oxygens (including phenoxy) is 1. The van der Waals surface area contributed by atoms with Crippen LogP contribution < -0.4 is 4.74 Å². The maximum atomic E-state index is 12.7. The molecule has 0 aromatic heterocycles. The number of aromatic carboxylic acids is 1. The Morgan fingerprint density at radius 2 is 1.89 bits per heavy atom. The van der Waals surface area contributed by atoms with Gasteiger partial charge in [0.15, 0.2) is 5.75 Å². The average Bonchev–Trinajstić information content (AvgIpc) is 2.39. The molecule has 1 N–H and O–H groups in total. The van der Waals surface area contributed by atoms with Crippen molar-refractivity contribution >= 4 is 17.6 Å². The third kappa shape index (κ3) is 3.23. The lowest BCUT2D eigenvalue weighted by Gasteiger charge is -2.10. The van der Waals surface area contributed by atoms with E-state index in [0.29, 0.717) is 0 Å². The molecule has 0 atom stereocenters. The summed E-state index contributed by atoms with van der Waals surface area (Å²) in [6, 6.07) is 10.2. The van der Waals surface area contributed by atoms with Crippen LogP contribution in [0.1, 0.15) is 15.9 Å². The number of carboxylic acids is 1. The second kappa shape index (κ2) is 5.71. The number of hydrogen-bond donors (Lipinski definition) is 1. The van der Waals surface area contributed by atoms with Crippen LogP contribution in [0.5, 0.6) is 5.75 Å². The highest BCUT2D eigenvalue weighted by Crippen LogP contribution is 2.29. The third-order valence-electron chi connectivity index (χ3n) is 2.49. The minimum atomic E-state index is -1.11. The van der Waals surface area contributed by atoms with Gasteiger partial charge in [-0.25, -0.2) is 9.18 Å². The molecule has 0 saturated heterocycles. The minimum absolute atomic E-state index is 0.00499. The number of rotatable bonds is 4. The van der Waals surface area contributed by atoms with Gasteiger partial charge in [-0.15, -0.1) is 0 Å². The van der Waals surface area contributed by atoms with E-state index in [4.69, 9.17) is 21.4 Å². The highest BCUT2D eigenvalue weighted by atomic mass is 35.5. The highest BCUT2D eigenvalue weighted by molar-refractivity contribution is 6.32. The van der Waals surface area contributed by atoms with Gasteiger partial charge in [-0.3, -0.25) is 0 Å². The maximum absolute atomic E-state index is 12.7. The van der Waals surface area contributed by atoms with E-state index in [0.717, 1.165) is 5.56 Å². The first-order valence-corrected chi connectivity index (χ1v) is 5.85. The van der Waals surface area contributed by atoms with Gasteiger partial charge in [-0.1, -0.05) is 29.8 Å². The fraction of sp³-hybridized carbons (Fsp3) is 0.0714. The van der Waals surface area contributed by atoms with Crippen LogP contribution in [0.4, 0.5) is 4.39 Å². The molecule has 3 nitrogen and oxygen atoms in total. The Bertz CT molecular complexity index is 596. The molecule has 0 spiro atoms. The number of carboxylic acid groups (broad SMARTS) is 1. The molecule has 2 aromatic carbocycles. The Balaban J connectivity index is 2.19. The van der Waals surface area contributed by atoms with Gasteiger partial charge < -0.3 is 9.84 Å². The number of halogens is 2. The van der Waals surface area contributed by atoms with Crippen molar-refractivity contribution in [2.24, 2.45) is 0 Å². The molecule has 5 heteroatoms. The van der Waals surface area contributed by atoms with Crippen molar-refractivity contribution in [3.05, 3.63) is 64.4 Å². The molecule has 19 heavy (non-hydrogen) atoms. The van der Waals surface area contributed by atoms with Crippen molar-refractivity contribution in [1.29, 1.82) is 0 Å². The summed E-state index contributed by atoms with van der Waals surface area (Å²) in [5.74, 6) is -1.34. The smallest absolute Gasteiger partial charge is 0.339 e. The molecular weight excluding hydrogens is 271 g/mol. The van der Waals surface area contributed by atoms with Crippen molar-refractivity contribution < 1.29 is 19.0 Å². The third-order valence-corrected chi connectivity index (χ3v) is 2.79. The molecule has 2 rings (SSSR count). The van der Waals surface area contributed by atoms with E-state index in [1.54, 1.807) is 18.2 Å². The fourth-order valence-electron chi connectivity index (χ4n) is 1.56. The molecule has 0 aliphatic rings. The van der Waals surface area contributed by atoms with Crippen molar-refractivity contribution in [2.75, 3.05) is 0 Å². The van der Waals surface area contributed by atoms with Crippen LogP contribution in [-0.2, 0) is 6.61 Å². The lowest BCUT2D eigenvalue weighted by atomic mass is 10.2. The van der Waals surface area contributed by atoms with E-state index in [2.05, 4.69) is 0 Å². The van der Waals surface area contributed by atoms with E-state index >= 15 is 0 Å². The van der Waals surface area contributed by atoms with Gasteiger partial charge in [0.2, 0.25) is 0 Å². The van der Waals surface area contributed by atoms with Crippen LogP contribution in [0.2, 0.25) is 5.02 Å². The highest BCUT2D eigenvalue weighted by Gasteiger charge is 2.14. The first kappa shape index (κ1) is 13.4. The summed E-state index contributed by atoms with van der Waals surface area (Å²) in [7, 11) is 0. The standard InChI is InChI=1S/C14H10ClFO3/c15-12-3-1-2-11(14(17)18)13(12)19-8-9-4-6-10(16)7-5-9/h1-7H,8H2,(H,17,18). The normalized spacial score (nSPS) is 10.2. The molecule has 0 saturated carbocycles. The monoisotopic (exact) mass is 280 g/mol. The number of hydrogen-bond acceptors (Lipinski definition) is 2. The molecule has 0 unspecified atom stereocenters. The van der Waals surface area contributed by atoms with Crippen molar-refractivity contribution in [1.82, 2.24) is 0 Å². The van der Waals surface area contributed by atoms with Gasteiger partial charge in [-0.2, -0.15) is 0 Å². The van der Waals surface area contributed by atoms with E-state index in [-0.39, 0.29) is 28.8 Å². The fourth-order valence-corrected chi connectivity index (χ4v) is 1.79. The van der Waals surface area contributed by atoms with Crippen molar-refractivity contribution in [3.8, 4) is 5.75 Å². The molecule has 98 valence electrons. The lowest BCUT2D eigenvalue weighted by Crippen LogP contribution is -2.04. The average molecular weight is 281 g/mol. The second-order valence-electron chi connectivity index (χ2n) is 3.84. The van der Waals surface area contributed by atoms with Gasteiger partial charge in [0.05, 0.1) is 5.02 Å². The number of benzene rings is 2. The molecular formula is C14H10ClFO3. The predicted molar refractivity (Wildman–Crippen MR) is 69.1 cm³/mol. The summed E-state index contributed by atoms with van der Waals surface area (Å²) in [6.07, 6.45) is 0. The van der Waals surface area contributed by atoms with E-state index in [9.17, 15) is 9.18 Å². The van der Waals surface area contributed by atoms with Crippen LogP contribution in [0.25, 0.3) is 0 Å². The molecule has 0 aliphatic heterocycles. The number of para-hydroxylation sites is 1. The van der Waals surface area contributed by atoms with Crippen LogP contribution in [0.3, 0.4) is 0 Å². The molecule has 0 fully saturated rings. The SMILES string of the molecule is O=C(O)c1cccc(Cl)c1OCc1ccc(F)cc1. The first-order chi connectivity index (χ1) is 9.08. The van der Waals surface area contributed by atoms with Crippen LogP contribution in [0.15, 0.2) is 42.5 Å². The van der Waals surface area contributed by atoms with Gasteiger partial charge in [0.1, 0.15) is 18.0 Å². The second-order valence-corrected chi connectivity index (χ2v) is 4.24. The topological polar surface area (TPSA) is 46.5 Å². The van der Waals surface area contributed by atoms with Gasteiger partial charge in [0.25, 0.3) is 0 Å². The molecule has 0 bridgehead atoms. The van der Waals surface area contributed by atoms with Crippen LogP contribution >= 0.6 is 11.6 Å². The number of carbonyl (C=O) groups is 1. The van der Waals surface area contributed by atoms with Gasteiger partial charge in [-0.05, 0) is 29.8 Å². The Hall–Kier alpha value is -2.07. The zero-order chi connectivity index (χ0) is 13.8. The Morgan fingerprint density at radius 1 is 1.21 bits per heavy atom. The van der Waals surface area contributed by atoms with E-state index < -0.39 is 5.97 Å². The van der Waals surface area contributed by atoms with E-state index in [1.807, 2.05) is 0 Å². The van der Waals surface area contributed by atoms with Crippen LogP contribution in [0, 0.1) is 5.82 Å². The van der Waals surface area contributed by atoms with Crippen molar-refractivity contribution in [3.63, 3.8) is 0 Å². The Morgan fingerprint density at radius 3 is 2.53 bits per heavy atom. The molecule has 0 amide bonds. The predicted octanol–water partition coefficient (Wildman–Crippen LogP) is 3.76. The van der Waals surface area contributed by atoms with Gasteiger partial charge >= 0.3 is 5.97 Å². The first-order valence-electron chi connectivity index (χ1n) is 5.47. The summed E-state index contributed by atoms with van der Waals surface area (Å²) in [5.41, 5.74) is 0.715. The lowest BCUT2D eigenvalue weighted by molar-refractivity contribution is 0.0692. The van der Waals surface area contributed by atoms with Gasteiger partial charge in [0, 0.05) is 0 Å². The van der Waals surface area contributed by atoms with Crippen LogP contribution in [-0.4, -0.2) is 11.1 Å². The zero-order valence-electron chi connectivity index (χ0n) is 9.77. The van der Waals surface area contributed by atoms with Crippen molar-refractivity contribution in [2.45, 2.75) is 6.61 Å². The zero-order valence-corrected chi connectivity index (χ0v) is 10.5. The summed E-state index contributed by atoms with van der Waals surface area (Å²) in [4.78, 5) is 11.0. The quantitative estimate of drug-likeness (QED) is 0.927. The summed E-state index contributed by atoms with van der Waals surface area (Å²) < 4.78 is 18.2. The summed E-state index contributed by atoms with van der Waals surface area (Å²) >= 11 is 5.92. The Labute approximate surface area is 114 Å². The van der Waals surface area contributed by atoms with E-state index in [1.165, 1.54) is 24.3 Å². The molecule has 2 aromatic rings. The largest absolute Gasteiger partial charge is 0.486 e. The minimum Gasteiger partial charge on any atom is -0.486 e. The Kier molecular flexibility index (Phi) is 4.02. The maximum Gasteiger partial charge on any atom is 0.339 e. The molecule has 0 radical (unpaired) electrons. The molecule has 0 heterocycles. The summed E-state index contributed by atoms with van der Waals surface area (Å²) in [5, 5.41) is 9.26. The summed E-state index contributed by atoms with van der Waals surface area (Å²) in [6.45, 7) is 0.115. The molecule has 0 aliphatic carbocycles.